The molecule has 0 aromatic heterocycles. The zero-order chi connectivity index (χ0) is 13.0. The fourth-order valence-electron chi connectivity index (χ4n) is 2.37. The highest BCUT2D eigenvalue weighted by Gasteiger charge is 2.33. The van der Waals surface area contributed by atoms with Crippen molar-refractivity contribution in [3.05, 3.63) is 0 Å². The summed E-state index contributed by atoms with van der Waals surface area (Å²) >= 11 is 1.97. The third-order valence-electron chi connectivity index (χ3n) is 3.67. The van der Waals surface area contributed by atoms with Crippen LogP contribution >= 0.6 is 11.8 Å². The van der Waals surface area contributed by atoms with Crippen LogP contribution in [0.1, 0.15) is 39.5 Å². The van der Waals surface area contributed by atoms with E-state index in [1.54, 1.807) is 0 Å². The number of rotatable bonds is 6. The van der Waals surface area contributed by atoms with Crippen LogP contribution in [0.3, 0.4) is 0 Å². The SMILES string of the molecule is CC(C)CCN(C(=O)CC1CSCCN1)C1CC1. The number of carbonyl (C=O) groups is 1. The normalized spacial score (nSPS) is 24.3. The third kappa shape index (κ3) is 4.47. The monoisotopic (exact) mass is 270 g/mol. The van der Waals surface area contributed by atoms with Crippen LogP contribution in [0.25, 0.3) is 0 Å². The lowest BCUT2D eigenvalue weighted by molar-refractivity contribution is -0.132. The lowest BCUT2D eigenvalue weighted by Crippen LogP contribution is -2.43. The molecule has 4 heteroatoms. The summed E-state index contributed by atoms with van der Waals surface area (Å²) in [5, 5.41) is 3.46. The molecule has 0 bridgehead atoms. The van der Waals surface area contributed by atoms with Crippen molar-refractivity contribution in [1.29, 1.82) is 0 Å². The van der Waals surface area contributed by atoms with Crippen molar-refractivity contribution in [2.45, 2.75) is 51.6 Å². The molecule has 1 saturated heterocycles. The van der Waals surface area contributed by atoms with Gasteiger partial charge in [-0.15, -0.1) is 0 Å². The molecule has 1 unspecified atom stereocenters. The minimum atomic E-state index is 0.373. The first kappa shape index (κ1) is 14.2. The van der Waals surface area contributed by atoms with Crippen molar-refractivity contribution in [3.8, 4) is 0 Å². The molecule has 1 saturated carbocycles. The molecule has 2 aliphatic rings. The molecule has 1 atom stereocenters. The van der Waals surface area contributed by atoms with Gasteiger partial charge in [0.05, 0.1) is 0 Å². The second kappa shape index (κ2) is 6.80. The maximum atomic E-state index is 12.4. The van der Waals surface area contributed by atoms with Crippen LogP contribution in [0.4, 0.5) is 0 Å². The van der Waals surface area contributed by atoms with Gasteiger partial charge in [-0.25, -0.2) is 0 Å². The van der Waals surface area contributed by atoms with Crippen molar-refractivity contribution in [3.63, 3.8) is 0 Å². The number of nitrogens with zero attached hydrogens (tertiary/aromatic N) is 1. The maximum absolute atomic E-state index is 12.4. The number of thioether (sulfide) groups is 1. The Morgan fingerprint density at radius 1 is 1.44 bits per heavy atom. The highest BCUT2D eigenvalue weighted by atomic mass is 32.2. The van der Waals surface area contributed by atoms with Gasteiger partial charge in [0.15, 0.2) is 0 Å². The van der Waals surface area contributed by atoms with Gasteiger partial charge in [-0.1, -0.05) is 13.8 Å². The second-order valence-corrected chi connectivity index (χ2v) is 7.08. The Balaban J connectivity index is 1.79. The Morgan fingerprint density at radius 2 is 2.22 bits per heavy atom. The zero-order valence-corrected chi connectivity index (χ0v) is 12.5. The van der Waals surface area contributed by atoms with Crippen molar-refractivity contribution in [2.24, 2.45) is 5.92 Å². The molecule has 2 fully saturated rings. The zero-order valence-electron chi connectivity index (χ0n) is 11.7. The molecule has 0 aromatic rings. The maximum Gasteiger partial charge on any atom is 0.224 e. The van der Waals surface area contributed by atoms with Gasteiger partial charge >= 0.3 is 0 Å². The van der Waals surface area contributed by atoms with Crippen LogP contribution in [0, 0.1) is 5.92 Å². The summed E-state index contributed by atoms with van der Waals surface area (Å²) in [6.07, 6.45) is 4.27. The van der Waals surface area contributed by atoms with Crippen molar-refractivity contribution in [2.75, 3.05) is 24.6 Å². The summed E-state index contributed by atoms with van der Waals surface area (Å²) in [6.45, 7) is 6.48. The molecule has 0 radical (unpaired) electrons. The molecule has 2 rings (SSSR count). The molecule has 1 amide bonds. The van der Waals surface area contributed by atoms with E-state index >= 15 is 0 Å². The van der Waals surface area contributed by atoms with Crippen LogP contribution < -0.4 is 5.32 Å². The minimum absolute atomic E-state index is 0.373. The predicted molar refractivity (Wildman–Crippen MR) is 77.9 cm³/mol. The Kier molecular flexibility index (Phi) is 5.37. The van der Waals surface area contributed by atoms with E-state index < -0.39 is 0 Å². The Morgan fingerprint density at radius 3 is 2.78 bits per heavy atom. The van der Waals surface area contributed by atoms with E-state index in [2.05, 4.69) is 24.1 Å². The number of carbonyl (C=O) groups excluding carboxylic acids is 1. The summed E-state index contributed by atoms with van der Waals surface area (Å²) < 4.78 is 0. The predicted octanol–water partition coefficient (Wildman–Crippen LogP) is 2.12. The molecule has 1 aliphatic carbocycles. The molecular formula is C14H26N2OS. The van der Waals surface area contributed by atoms with E-state index in [9.17, 15) is 4.79 Å². The summed E-state index contributed by atoms with van der Waals surface area (Å²) in [6, 6.07) is 0.962. The summed E-state index contributed by atoms with van der Waals surface area (Å²) in [4.78, 5) is 14.5. The topological polar surface area (TPSA) is 32.3 Å². The van der Waals surface area contributed by atoms with E-state index in [0.29, 0.717) is 30.3 Å². The Labute approximate surface area is 115 Å². The first-order valence-electron chi connectivity index (χ1n) is 7.27. The highest BCUT2D eigenvalue weighted by Crippen LogP contribution is 2.28. The van der Waals surface area contributed by atoms with Crippen LogP contribution in [0.15, 0.2) is 0 Å². The van der Waals surface area contributed by atoms with Crippen LogP contribution in [-0.2, 0) is 4.79 Å². The average molecular weight is 270 g/mol. The van der Waals surface area contributed by atoms with Crippen LogP contribution in [-0.4, -0.2) is 47.5 Å². The fourth-order valence-corrected chi connectivity index (χ4v) is 3.32. The Hall–Kier alpha value is -0.220. The number of hydrogen-bond acceptors (Lipinski definition) is 3. The quantitative estimate of drug-likeness (QED) is 0.802. The molecule has 0 spiro atoms. The van der Waals surface area contributed by atoms with Crippen molar-refractivity contribution >= 4 is 17.7 Å². The highest BCUT2D eigenvalue weighted by molar-refractivity contribution is 7.99. The average Bonchev–Trinajstić information content (AvgIpc) is 3.14. The van der Waals surface area contributed by atoms with E-state index in [1.807, 2.05) is 11.8 Å². The summed E-state index contributed by atoms with van der Waals surface area (Å²) in [7, 11) is 0. The first-order valence-corrected chi connectivity index (χ1v) is 8.43. The third-order valence-corrected chi connectivity index (χ3v) is 4.81. The molecule has 1 heterocycles. The second-order valence-electron chi connectivity index (χ2n) is 5.93. The van der Waals surface area contributed by atoms with Crippen molar-refractivity contribution < 1.29 is 4.79 Å². The molecule has 104 valence electrons. The van der Waals surface area contributed by atoms with E-state index in [1.165, 1.54) is 18.6 Å². The lowest BCUT2D eigenvalue weighted by atomic mass is 10.1. The number of hydrogen-bond donors (Lipinski definition) is 1. The molecule has 3 nitrogen and oxygen atoms in total. The van der Waals surface area contributed by atoms with Gasteiger partial charge < -0.3 is 10.2 Å². The van der Waals surface area contributed by atoms with E-state index in [4.69, 9.17) is 0 Å². The van der Waals surface area contributed by atoms with Gasteiger partial charge in [-0.3, -0.25) is 4.79 Å². The molecule has 18 heavy (non-hydrogen) atoms. The van der Waals surface area contributed by atoms with E-state index in [-0.39, 0.29) is 0 Å². The van der Waals surface area contributed by atoms with Gasteiger partial charge in [0, 0.05) is 43.1 Å². The van der Waals surface area contributed by atoms with Crippen LogP contribution in [0.2, 0.25) is 0 Å². The largest absolute Gasteiger partial charge is 0.340 e. The summed E-state index contributed by atoms with van der Waals surface area (Å²) in [5.74, 6) is 3.33. The minimum Gasteiger partial charge on any atom is -0.340 e. The molecule has 0 aromatic carbocycles. The van der Waals surface area contributed by atoms with Gasteiger partial charge in [-0.2, -0.15) is 11.8 Å². The van der Waals surface area contributed by atoms with Gasteiger partial charge in [0.2, 0.25) is 5.91 Å². The smallest absolute Gasteiger partial charge is 0.224 e. The molecular weight excluding hydrogens is 244 g/mol. The summed E-state index contributed by atoms with van der Waals surface area (Å²) in [5.41, 5.74) is 0. The van der Waals surface area contributed by atoms with Crippen LogP contribution in [0.5, 0.6) is 0 Å². The standard InChI is InChI=1S/C14H26N2OS/c1-11(2)5-7-16(13-3-4-13)14(17)9-12-10-18-8-6-15-12/h11-13,15H,3-10H2,1-2H3. The van der Waals surface area contributed by atoms with E-state index in [0.717, 1.165) is 25.3 Å². The lowest BCUT2D eigenvalue weighted by Gasteiger charge is -2.28. The number of nitrogens with one attached hydrogen (secondary N) is 1. The Bertz CT molecular complexity index is 273. The van der Waals surface area contributed by atoms with Gasteiger partial charge in [0.1, 0.15) is 0 Å². The molecule has 1 aliphatic heterocycles. The van der Waals surface area contributed by atoms with Gasteiger partial charge in [0.25, 0.3) is 0 Å². The first-order chi connectivity index (χ1) is 8.66. The fraction of sp³-hybridized carbons (Fsp3) is 0.929. The number of amides is 1. The van der Waals surface area contributed by atoms with Crippen molar-refractivity contribution in [1.82, 2.24) is 10.2 Å². The molecule has 1 N–H and O–H groups in total. The van der Waals surface area contributed by atoms with Gasteiger partial charge in [-0.05, 0) is 25.2 Å².